The summed E-state index contributed by atoms with van der Waals surface area (Å²) in [5.41, 5.74) is 4.53. The lowest BCUT2D eigenvalue weighted by molar-refractivity contribution is -0.118. The van der Waals surface area contributed by atoms with Crippen molar-refractivity contribution < 1.29 is 14.0 Å². The third-order valence-corrected chi connectivity index (χ3v) is 5.13. The molecule has 3 rings (SSSR count). The summed E-state index contributed by atoms with van der Waals surface area (Å²) < 4.78 is 12.9. The van der Waals surface area contributed by atoms with E-state index in [1.54, 1.807) is 23.9 Å². The number of hydrogen-bond donors (Lipinski definition) is 2. The molecule has 0 atom stereocenters. The van der Waals surface area contributed by atoms with Crippen LogP contribution in [0.4, 0.5) is 10.1 Å². The number of aryl methyl sites for hydroxylation is 1. The van der Waals surface area contributed by atoms with Crippen LogP contribution in [0.5, 0.6) is 0 Å². The zero-order valence-corrected chi connectivity index (χ0v) is 16.3. The minimum absolute atomic E-state index is 0.0793. The predicted molar refractivity (Wildman–Crippen MR) is 109 cm³/mol. The molecule has 0 saturated carbocycles. The van der Waals surface area contributed by atoms with Crippen molar-refractivity contribution in [3.8, 4) is 0 Å². The maximum atomic E-state index is 12.9. The number of hydrogen-bond acceptors (Lipinski definition) is 5. The second kappa shape index (κ2) is 9.36. The van der Waals surface area contributed by atoms with Gasteiger partial charge in [0, 0.05) is 11.4 Å². The highest BCUT2D eigenvalue weighted by atomic mass is 32.2. The van der Waals surface area contributed by atoms with Gasteiger partial charge >= 0.3 is 0 Å². The molecule has 2 aromatic carbocycles. The molecule has 0 saturated heterocycles. The molecule has 1 heterocycles. The number of halogens is 1. The molecule has 2 amide bonds. The molecule has 8 heteroatoms. The molecule has 0 spiro atoms. The summed E-state index contributed by atoms with van der Waals surface area (Å²) >= 11 is 1.60. The van der Waals surface area contributed by atoms with E-state index in [4.69, 9.17) is 0 Å². The Morgan fingerprint density at radius 1 is 1.21 bits per heavy atom. The number of carbonyl (C=O) groups is 2. The van der Waals surface area contributed by atoms with Crippen molar-refractivity contribution in [1.29, 1.82) is 0 Å². The van der Waals surface area contributed by atoms with E-state index in [1.807, 2.05) is 31.2 Å². The number of aliphatic imine (C=N–C) groups is 1. The van der Waals surface area contributed by atoms with E-state index in [1.165, 1.54) is 17.1 Å². The first kappa shape index (κ1) is 19.9. The lowest BCUT2D eigenvalue weighted by Gasteiger charge is -2.27. The van der Waals surface area contributed by atoms with Gasteiger partial charge in [-0.1, -0.05) is 17.7 Å². The Balaban J connectivity index is 1.45. The third kappa shape index (κ3) is 5.32. The van der Waals surface area contributed by atoms with Crippen molar-refractivity contribution >= 4 is 35.1 Å². The summed E-state index contributed by atoms with van der Waals surface area (Å²) in [4.78, 5) is 29.4. The number of nitrogens with one attached hydrogen (secondary N) is 2. The fourth-order valence-corrected chi connectivity index (χ4v) is 3.38. The fraction of sp³-hybridized carbons (Fsp3) is 0.250. The summed E-state index contributed by atoms with van der Waals surface area (Å²) in [6.07, 6.45) is 0.752. The average molecular weight is 400 g/mol. The van der Waals surface area contributed by atoms with Gasteiger partial charge in [0.1, 0.15) is 12.4 Å². The van der Waals surface area contributed by atoms with E-state index >= 15 is 0 Å². The van der Waals surface area contributed by atoms with E-state index in [2.05, 4.69) is 15.7 Å². The van der Waals surface area contributed by atoms with E-state index in [9.17, 15) is 14.0 Å². The second-order valence-electron chi connectivity index (χ2n) is 6.25. The van der Waals surface area contributed by atoms with Gasteiger partial charge in [0.2, 0.25) is 5.84 Å². The molecule has 6 nitrogen and oxygen atoms in total. The number of thioether (sulfide) groups is 1. The van der Waals surface area contributed by atoms with Gasteiger partial charge in [-0.25, -0.2) is 9.40 Å². The Morgan fingerprint density at radius 3 is 2.64 bits per heavy atom. The van der Waals surface area contributed by atoms with Gasteiger partial charge in [-0.15, -0.1) is 11.8 Å². The highest BCUT2D eigenvalue weighted by Crippen LogP contribution is 2.18. The third-order valence-electron chi connectivity index (χ3n) is 4.04. The maximum Gasteiger partial charge on any atom is 0.288 e. The van der Waals surface area contributed by atoms with Crippen LogP contribution in [0.2, 0.25) is 0 Å². The Bertz CT molecular complexity index is 869. The summed E-state index contributed by atoms with van der Waals surface area (Å²) in [5, 5.41) is 4.14. The van der Waals surface area contributed by atoms with Crippen LogP contribution < -0.4 is 15.8 Å². The van der Waals surface area contributed by atoms with Crippen LogP contribution in [0.1, 0.15) is 12.0 Å². The average Bonchev–Trinajstić information content (AvgIpc) is 2.70. The van der Waals surface area contributed by atoms with E-state index in [0.717, 1.165) is 22.6 Å². The molecule has 28 heavy (non-hydrogen) atoms. The SMILES string of the molecule is Cc1ccc(N2NC(C(=O)NCCCSc3ccc(F)cc3)=NCC2=O)cc1. The number of benzene rings is 2. The Morgan fingerprint density at radius 2 is 1.93 bits per heavy atom. The molecular weight excluding hydrogens is 379 g/mol. The van der Waals surface area contributed by atoms with E-state index < -0.39 is 0 Å². The number of carbonyl (C=O) groups excluding carboxylic acids is 2. The van der Waals surface area contributed by atoms with Crippen LogP contribution >= 0.6 is 11.8 Å². The molecule has 1 aliphatic rings. The second-order valence-corrected chi connectivity index (χ2v) is 7.42. The quantitative estimate of drug-likeness (QED) is 0.554. The minimum atomic E-state index is -0.351. The molecule has 0 fully saturated rings. The van der Waals surface area contributed by atoms with Crippen molar-refractivity contribution in [2.45, 2.75) is 18.2 Å². The van der Waals surface area contributed by atoms with Crippen molar-refractivity contribution in [2.75, 3.05) is 23.9 Å². The van der Waals surface area contributed by atoms with Gasteiger partial charge in [-0.05, 0) is 55.5 Å². The topological polar surface area (TPSA) is 73.8 Å². The molecule has 0 radical (unpaired) electrons. The first-order chi connectivity index (χ1) is 13.5. The molecule has 2 aromatic rings. The lowest BCUT2D eigenvalue weighted by atomic mass is 10.2. The zero-order chi connectivity index (χ0) is 19.9. The fourth-order valence-electron chi connectivity index (χ4n) is 2.52. The molecule has 0 bridgehead atoms. The number of rotatable bonds is 7. The zero-order valence-electron chi connectivity index (χ0n) is 15.4. The van der Waals surface area contributed by atoms with Crippen LogP contribution in [0.15, 0.2) is 58.4 Å². The van der Waals surface area contributed by atoms with Gasteiger partial charge in [-0.3, -0.25) is 20.0 Å². The van der Waals surface area contributed by atoms with E-state index in [-0.39, 0.29) is 30.0 Å². The number of nitrogens with zero attached hydrogens (tertiary/aromatic N) is 2. The van der Waals surface area contributed by atoms with Gasteiger partial charge in [0.05, 0.1) is 5.69 Å². The van der Waals surface area contributed by atoms with Crippen molar-refractivity contribution in [1.82, 2.24) is 10.7 Å². The van der Waals surface area contributed by atoms with Crippen LogP contribution in [-0.4, -0.2) is 36.5 Å². The summed E-state index contributed by atoms with van der Waals surface area (Å²) in [6, 6.07) is 13.7. The highest BCUT2D eigenvalue weighted by Gasteiger charge is 2.25. The van der Waals surface area contributed by atoms with Gasteiger partial charge < -0.3 is 5.32 Å². The van der Waals surface area contributed by atoms with Crippen molar-refractivity contribution in [2.24, 2.45) is 4.99 Å². The van der Waals surface area contributed by atoms with E-state index in [0.29, 0.717) is 12.2 Å². The Hall–Kier alpha value is -2.87. The molecule has 0 aromatic heterocycles. The van der Waals surface area contributed by atoms with Gasteiger partial charge in [0.25, 0.3) is 11.8 Å². The van der Waals surface area contributed by atoms with Gasteiger partial charge in [-0.2, -0.15) is 0 Å². The molecule has 146 valence electrons. The molecular formula is C20H21FN4O2S. The van der Waals surface area contributed by atoms with Crippen LogP contribution in [0, 0.1) is 12.7 Å². The van der Waals surface area contributed by atoms with Crippen molar-refractivity contribution in [3.63, 3.8) is 0 Å². The number of anilines is 1. The lowest BCUT2D eigenvalue weighted by Crippen LogP contribution is -2.55. The highest BCUT2D eigenvalue weighted by molar-refractivity contribution is 7.99. The summed E-state index contributed by atoms with van der Waals surface area (Å²) in [6.45, 7) is 2.36. The standard InChI is InChI=1S/C20H21FN4O2S/c1-14-3-7-16(8-4-14)25-18(26)13-23-19(24-25)20(27)22-11-2-12-28-17-9-5-15(21)6-10-17/h3-10H,2,11-13H2,1H3,(H,22,27)(H,23,24). The predicted octanol–water partition coefficient (Wildman–Crippen LogP) is 2.68. The summed E-state index contributed by atoms with van der Waals surface area (Å²) in [7, 11) is 0. The number of amidine groups is 1. The molecule has 0 aliphatic carbocycles. The number of hydrazine groups is 1. The Labute approximate surface area is 167 Å². The monoisotopic (exact) mass is 400 g/mol. The van der Waals surface area contributed by atoms with Crippen molar-refractivity contribution in [3.05, 3.63) is 59.9 Å². The first-order valence-corrected chi connectivity index (χ1v) is 9.89. The van der Waals surface area contributed by atoms with Crippen LogP contribution in [-0.2, 0) is 9.59 Å². The smallest absolute Gasteiger partial charge is 0.288 e. The minimum Gasteiger partial charge on any atom is -0.349 e. The first-order valence-electron chi connectivity index (χ1n) is 8.90. The summed E-state index contributed by atoms with van der Waals surface area (Å²) in [5.74, 6) is 0.0779. The Kier molecular flexibility index (Phi) is 6.65. The largest absolute Gasteiger partial charge is 0.349 e. The van der Waals surface area contributed by atoms with Gasteiger partial charge in [0.15, 0.2) is 0 Å². The molecule has 1 aliphatic heterocycles. The van der Waals surface area contributed by atoms with Crippen LogP contribution in [0.3, 0.4) is 0 Å². The maximum absolute atomic E-state index is 12.9. The number of amides is 2. The normalized spacial score (nSPS) is 13.7. The van der Waals surface area contributed by atoms with Crippen LogP contribution in [0.25, 0.3) is 0 Å². The molecule has 0 unspecified atom stereocenters. The molecule has 2 N–H and O–H groups in total.